The number of carbonyl (C=O) groups is 1. The Labute approximate surface area is 148 Å². The molecular weight excluding hydrogens is 339 g/mol. The number of anilines is 1. The van der Waals surface area contributed by atoms with E-state index < -0.39 is 5.82 Å². The Morgan fingerprint density at radius 2 is 2.08 bits per heavy atom. The fraction of sp³-hybridized carbons (Fsp3) is 0.333. The summed E-state index contributed by atoms with van der Waals surface area (Å²) in [6.45, 7) is 4.80. The second kappa shape index (κ2) is 6.45. The molecule has 0 saturated carbocycles. The SMILES string of the molecule is C[C@@H]1CN(c2c(C=O)cc3c(-c4cccnn4)noc3c2F)C[C@H](C)O1. The molecule has 7 nitrogen and oxygen atoms in total. The van der Waals surface area contributed by atoms with E-state index in [1.165, 1.54) is 6.20 Å². The molecule has 0 amide bonds. The number of aromatic nitrogens is 3. The van der Waals surface area contributed by atoms with Gasteiger partial charge in [-0.15, -0.1) is 5.10 Å². The van der Waals surface area contributed by atoms with Crippen molar-refractivity contribution in [3.05, 3.63) is 35.8 Å². The molecule has 8 heteroatoms. The molecule has 1 aliphatic heterocycles. The van der Waals surface area contributed by atoms with Gasteiger partial charge < -0.3 is 14.2 Å². The summed E-state index contributed by atoms with van der Waals surface area (Å²) in [4.78, 5) is 13.5. The van der Waals surface area contributed by atoms with Crippen molar-refractivity contribution in [3.63, 3.8) is 0 Å². The van der Waals surface area contributed by atoms with Crippen LogP contribution >= 0.6 is 0 Å². The summed E-state index contributed by atoms with van der Waals surface area (Å²) < 4.78 is 26.2. The van der Waals surface area contributed by atoms with Gasteiger partial charge in [0.1, 0.15) is 11.4 Å². The summed E-state index contributed by atoms with van der Waals surface area (Å²) in [6.07, 6.45) is 2.04. The van der Waals surface area contributed by atoms with Gasteiger partial charge in [-0.2, -0.15) is 5.10 Å². The Hall–Kier alpha value is -2.87. The summed E-state index contributed by atoms with van der Waals surface area (Å²) in [5.74, 6) is -0.603. The molecule has 1 saturated heterocycles. The molecule has 134 valence electrons. The third-order valence-corrected chi connectivity index (χ3v) is 4.39. The molecule has 3 heterocycles. The van der Waals surface area contributed by atoms with Crippen LogP contribution in [-0.2, 0) is 4.74 Å². The predicted molar refractivity (Wildman–Crippen MR) is 92.6 cm³/mol. The van der Waals surface area contributed by atoms with Crippen LogP contribution < -0.4 is 4.90 Å². The number of nitrogens with zero attached hydrogens (tertiary/aromatic N) is 4. The lowest BCUT2D eigenvalue weighted by Crippen LogP contribution is -2.46. The highest BCUT2D eigenvalue weighted by Crippen LogP contribution is 2.36. The van der Waals surface area contributed by atoms with Gasteiger partial charge in [-0.05, 0) is 32.0 Å². The van der Waals surface area contributed by atoms with Crippen molar-refractivity contribution in [2.75, 3.05) is 18.0 Å². The van der Waals surface area contributed by atoms with Crippen molar-refractivity contribution in [1.29, 1.82) is 0 Å². The van der Waals surface area contributed by atoms with Crippen LogP contribution in [0, 0.1) is 5.82 Å². The van der Waals surface area contributed by atoms with Gasteiger partial charge >= 0.3 is 0 Å². The van der Waals surface area contributed by atoms with Crippen molar-refractivity contribution in [2.24, 2.45) is 0 Å². The zero-order valence-corrected chi connectivity index (χ0v) is 14.3. The standard InChI is InChI=1S/C18H17FN4O3/c1-10-7-23(8-11(2)25-10)17-12(9-24)6-13-16(14-4-3-5-20-21-14)22-26-18(13)15(17)19/h3-6,9-11H,7-8H2,1-2H3/t10-,11+. The van der Waals surface area contributed by atoms with Crippen molar-refractivity contribution >= 4 is 22.9 Å². The van der Waals surface area contributed by atoms with E-state index in [0.717, 1.165) is 0 Å². The average Bonchev–Trinajstić information content (AvgIpc) is 3.05. The summed E-state index contributed by atoms with van der Waals surface area (Å²) in [7, 11) is 0. The molecule has 26 heavy (non-hydrogen) atoms. The van der Waals surface area contributed by atoms with Gasteiger partial charge in [-0.3, -0.25) is 4.79 Å². The molecule has 0 radical (unpaired) electrons. The molecule has 0 spiro atoms. The number of fused-ring (bicyclic) bond motifs is 1. The van der Waals surface area contributed by atoms with E-state index in [1.54, 1.807) is 18.2 Å². The first-order valence-electron chi connectivity index (χ1n) is 8.34. The molecule has 3 aromatic rings. The highest BCUT2D eigenvalue weighted by Gasteiger charge is 2.29. The maximum atomic E-state index is 15.3. The summed E-state index contributed by atoms with van der Waals surface area (Å²) >= 11 is 0. The van der Waals surface area contributed by atoms with E-state index in [0.29, 0.717) is 36.1 Å². The number of halogens is 1. The number of carbonyl (C=O) groups excluding carboxylic acids is 1. The molecule has 0 aliphatic carbocycles. The van der Waals surface area contributed by atoms with Gasteiger partial charge in [0.05, 0.1) is 23.3 Å². The van der Waals surface area contributed by atoms with Crippen molar-refractivity contribution in [2.45, 2.75) is 26.1 Å². The first-order valence-corrected chi connectivity index (χ1v) is 8.34. The molecule has 2 aromatic heterocycles. The zero-order chi connectivity index (χ0) is 18.3. The number of morpholine rings is 1. The lowest BCUT2D eigenvalue weighted by molar-refractivity contribution is -0.00543. The minimum atomic E-state index is -0.603. The summed E-state index contributed by atoms with van der Waals surface area (Å²) in [6, 6.07) is 4.98. The smallest absolute Gasteiger partial charge is 0.205 e. The lowest BCUT2D eigenvalue weighted by Gasteiger charge is -2.37. The number of aldehydes is 1. The number of hydrogen-bond acceptors (Lipinski definition) is 7. The fourth-order valence-electron chi connectivity index (χ4n) is 3.43. The zero-order valence-electron chi connectivity index (χ0n) is 14.3. The van der Waals surface area contributed by atoms with Crippen LogP contribution in [0.1, 0.15) is 24.2 Å². The quantitative estimate of drug-likeness (QED) is 0.668. The van der Waals surface area contributed by atoms with E-state index in [1.807, 2.05) is 18.7 Å². The Morgan fingerprint density at radius 1 is 1.31 bits per heavy atom. The van der Waals surface area contributed by atoms with Crippen LogP contribution in [0.5, 0.6) is 0 Å². The first-order chi connectivity index (χ1) is 12.6. The average molecular weight is 356 g/mol. The molecule has 2 atom stereocenters. The van der Waals surface area contributed by atoms with Crippen LogP contribution in [0.3, 0.4) is 0 Å². The van der Waals surface area contributed by atoms with Crippen molar-refractivity contribution < 1.29 is 18.4 Å². The summed E-state index contributed by atoms with van der Waals surface area (Å²) in [5, 5.41) is 12.1. The van der Waals surface area contributed by atoms with Gasteiger partial charge in [0, 0.05) is 24.8 Å². The van der Waals surface area contributed by atoms with Gasteiger partial charge in [0.2, 0.25) is 5.58 Å². The topological polar surface area (TPSA) is 81.4 Å². The maximum absolute atomic E-state index is 15.3. The second-order valence-corrected chi connectivity index (χ2v) is 6.43. The van der Waals surface area contributed by atoms with E-state index >= 15 is 4.39 Å². The lowest BCUT2D eigenvalue weighted by atomic mass is 10.0. The molecule has 1 fully saturated rings. The van der Waals surface area contributed by atoms with Crippen LogP contribution in [0.4, 0.5) is 10.1 Å². The maximum Gasteiger partial charge on any atom is 0.205 e. The van der Waals surface area contributed by atoms with E-state index in [2.05, 4.69) is 15.4 Å². The predicted octanol–water partition coefficient (Wildman–Crippen LogP) is 2.85. The molecule has 4 rings (SSSR count). The molecule has 0 bridgehead atoms. The Kier molecular flexibility index (Phi) is 4.12. The van der Waals surface area contributed by atoms with Crippen LogP contribution in [0.2, 0.25) is 0 Å². The Balaban J connectivity index is 1.88. The second-order valence-electron chi connectivity index (χ2n) is 6.43. The normalized spacial score (nSPS) is 20.5. The monoisotopic (exact) mass is 356 g/mol. The Morgan fingerprint density at radius 3 is 2.73 bits per heavy atom. The largest absolute Gasteiger partial charge is 0.372 e. The van der Waals surface area contributed by atoms with Gasteiger partial charge in [0.25, 0.3) is 0 Å². The van der Waals surface area contributed by atoms with Gasteiger partial charge in [-0.25, -0.2) is 4.39 Å². The number of ether oxygens (including phenoxy) is 1. The summed E-state index contributed by atoms with van der Waals surface area (Å²) in [5.41, 5.74) is 1.26. The molecule has 0 N–H and O–H groups in total. The molecule has 0 unspecified atom stereocenters. The highest BCUT2D eigenvalue weighted by molar-refractivity contribution is 5.99. The minimum absolute atomic E-state index is 0.00180. The van der Waals surface area contributed by atoms with E-state index in [-0.39, 0.29) is 29.0 Å². The number of hydrogen-bond donors (Lipinski definition) is 0. The van der Waals surface area contributed by atoms with E-state index in [4.69, 9.17) is 9.26 Å². The molecular formula is C18H17FN4O3. The van der Waals surface area contributed by atoms with Crippen LogP contribution in [0.25, 0.3) is 22.4 Å². The first kappa shape index (κ1) is 16.6. The third-order valence-electron chi connectivity index (χ3n) is 4.39. The highest BCUT2D eigenvalue weighted by atomic mass is 19.1. The third kappa shape index (κ3) is 2.72. The van der Waals surface area contributed by atoms with Gasteiger partial charge in [0.15, 0.2) is 12.1 Å². The number of rotatable bonds is 3. The fourth-order valence-corrected chi connectivity index (χ4v) is 3.43. The molecule has 1 aliphatic rings. The van der Waals surface area contributed by atoms with E-state index in [9.17, 15) is 4.79 Å². The van der Waals surface area contributed by atoms with Crippen molar-refractivity contribution in [3.8, 4) is 11.4 Å². The minimum Gasteiger partial charge on any atom is -0.372 e. The van der Waals surface area contributed by atoms with Crippen LogP contribution in [-0.4, -0.2) is 46.9 Å². The Bertz CT molecular complexity index is 950. The number of benzene rings is 1. The molecule has 1 aromatic carbocycles. The van der Waals surface area contributed by atoms with Gasteiger partial charge in [-0.1, -0.05) is 5.16 Å². The van der Waals surface area contributed by atoms with Crippen LogP contribution in [0.15, 0.2) is 28.9 Å². The van der Waals surface area contributed by atoms with Crippen molar-refractivity contribution in [1.82, 2.24) is 15.4 Å².